The van der Waals surface area contributed by atoms with E-state index in [1.165, 1.54) is 17.0 Å². The standard InChI is InChI=1S/C19H21ClN6/c1-11-5-15-14(18(23-10-22-15)12-7-25(2)8-12)9-26(11)16-6-17(20)24-19-13(16)3-4-21-19/h3-4,6,10-12H,5,7-9H2,1-2H3,(H,21,24)/t11-/m1/s1. The van der Waals surface area contributed by atoms with Gasteiger partial charge in [0.1, 0.15) is 17.1 Å². The molecule has 1 N–H and O–H groups in total. The second-order valence-electron chi connectivity index (χ2n) is 7.49. The van der Waals surface area contributed by atoms with Crippen molar-refractivity contribution in [2.24, 2.45) is 0 Å². The Kier molecular flexibility index (Phi) is 3.65. The Bertz CT molecular complexity index is 977. The van der Waals surface area contributed by atoms with E-state index >= 15 is 0 Å². The first-order valence-electron chi connectivity index (χ1n) is 9.01. The molecule has 0 aliphatic carbocycles. The molecule has 5 heterocycles. The third kappa shape index (κ3) is 2.47. The lowest BCUT2D eigenvalue weighted by Crippen LogP contribution is -2.45. The molecule has 0 spiro atoms. The molecule has 0 radical (unpaired) electrons. The SMILES string of the molecule is C[C@@H]1Cc2ncnc(C3CN(C)C3)c2CN1c1cc(Cl)nc2[nH]ccc12. The van der Waals surface area contributed by atoms with Crippen molar-refractivity contribution in [1.82, 2.24) is 24.8 Å². The summed E-state index contributed by atoms with van der Waals surface area (Å²) in [5.41, 5.74) is 5.66. The number of aromatic nitrogens is 4. The Morgan fingerprint density at radius 3 is 2.92 bits per heavy atom. The topological polar surface area (TPSA) is 60.9 Å². The first kappa shape index (κ1) is 16.0. The van der Waals surface area contributed by atoms with E-state index < -0.39 is 0 Å². The molecule has 5 rings (SSSR count). The maximum Gasteiger partial charge on any atom is 0.141 e. The van der Waals surface area contributed by atoms with Gasteiger partial charge in [0.05, 0.1) is 17.1 Å². The molecular weight excluding hydrogens is 348 g/mol. The summed E-state index contributed by atoms with van der Waals surface area (Å²) >= 11 is 6.29. The average molecular weight is 369 g/mol. The van der Waals surface area contributed by atoms with Gasteiger partial charge in [-0.1, -0.05) is 11.6 Å². The van der Waals surface area contributed by atoms with Crippen LogP contribution in [0.4, 0.5) is 5.69 Å². The number of anilines is 1. The van der Waals surface area contributed by atoms with E-state index in [1.807, 2.05) is 12.3 Å². The molecule has 6 nitrogen and oxygen atoms in total. The number of nitrogens with one attached hydrogen (secondary N) is 1. The lowest BCUT2D eigenvalue weighted by Gasteiger charge is -2.41. The second-order valence-corrected chi connectivity index (χ2v) is 7.87. The highest BCUT2D eigenvalue weighted by molar-refractivity contribution is 6.30. The summed E-state index contributed by atoms with van der Waals surface area (Å²) in [5, 5.41) is 1.62. The molecule has 1 atom stereocenters. The van der Waals surface area contributed by atoms with Crippen molar-refractivity contribution in [3.8, 4) is 0 Å². The van der Waals surface area contributed by atoms with E-state index in [-0.39, 0.29) is 0 Å². The molecule has 2 aliphatic rings. The van der Waals surface area contributed by atoms with Crippen LogP contribution >= 0.6 is 11.6 Å². The number of fused-ring (bicyclic) bond motifs is 2. The van der Waals surface area contributed by atoms with Gasteiger partial charge in [-0.25, -0.2) is 15.0 Å². The van der Waals surface area contributed by atoms with Crippen LogP contribution in [0, 0.1) is 0 Å². The van der Waals surface area contributed by atoms with Gasteiger partial charge in [0, 0.05) is 55.2 Å². The number of likely N-dealkylation sites (tertiary alicyclic amines) is 1. The van der Waals surface area contributed by atoms with Gasteiger partial charge >= 0.3 is 0 Å². The fraction of sp³-hybridized carbons (Fsp3) is 0.421. The molecule has 3 aromatic rings. The lowest BCUT2D eigenvalue weighted by atomic mass is 9.89. The first-order chi connectivity index (χ1) is 12.6. The van der Waals surface area contributed by atoms with Crippen LogP contribution in [0.2, 0.25) is 5.15 Å². The van der Waals surface area contributed by atoms with Gasteiger partial charge in [-0.05, 0) is 26.1 Å². The number of hydrogen-bond donors (Lipinski definition) is 1. The number of pyridine rings is 1. The van der Waals surface area contributed by atoms with E-state index in [1.54, 1.807) is 6.33 Å². The predicted molar refractivity (Wildman–Crippen MR) is 103 cm³/mol. The Labute approximate surface area is 157 Å². The minimum absolute atomic E-state index is 0.339. The van der Waals surface area contributed by atoms with E-state index in [9.17, 15) is 0 Å². The highest BCUT2D eigenvalue weighted by atomic mass is 35.5. The van der Waals surface area contributed by atoms with Crippen molar-refractivity contribution >= 4 is 28.3 Å². The zero-order valence-corrected chi connectivity index (χ0v) is 15.7. The summed E-state index contributed by atoms with van der Waals surface area (Å²) in [4.78, 5) is 21.6. The summed E-state index contributed by atoms with van der Waals surface area (Å²) in [6, 6.07) is 4.38. The molecule has 1 saturated heterocycles. The third-order valence-electron chi connectivity index (χ3n) is 5.65. The maximum atomic E-state index is 6.29. The highest BCUT2D eigenvalue weighted by Crippen LogP contribution is 2.36. The fourth-order valence-corrected chi connectivity index (χ4v) is 4.49. The van der Waals surface area contributed by atoms with Gasteiger partial charge in [-0.15, -0.1) is 0 Å². The minimum Gasteiger partial charge on any atom is -0.363 e. The largest absolute Gasteiger partial charge is 0.363 e. The summed E-state index contributed by atoms with van der Waals surface area (Å²) in [5.74, 6) is 0.514. The molecule has 3 aromatic heterocycles. The maximum absolute atomic E-state index is 6.29. The molecular formula is C19H21ClN6. The number of nitrogens with zero attached hydrogens (tertiary/aromatic N) is 5. The van der Waals surface area contributed by atoms with Crippen molar-refractivity contribution in [3.63, 3.8) is 0 Å². The summed E-state index contributed by atoms with van der Waals surface area (Å²) in [6.07, 6.45) is 4.57. The Balaban J connectivity index is 1.58. The number of H-pyrrole nitrogens is 1. The summed E-state index contributed by atoms with van der Waals surface area (Å²) in [6.45, 7) is 5.20. The lowest BCUT2D eigenvalue weighted by molar-refractivity contribution is 0.185. The molecule has 2 aliphatic heterocycles. The number of hydrogen-bond acceptors (Lipinski definition) is 5. The van der Waals surface area contributed by atoms with E-state index in [4.69, 9.17) is 11.6 Å². The number of halogens is 1. The molecule has 134 valence electrons. The van der Waals surface area contributed by atoms with Gasteiger partial charge in [-0.2, -0.15) is 0 Å². The highest BCUT2D eigenvalue weighted by Gasteiger charge is 2.33. The van der Waals surface area contributed by atoms with Crippen LogP contribution in [0.1, 0.15) is 29.8 Å². The quantitative estimate of drug-likeness (QED) is 0.704. The van der Waals surface area contributed by atoms with Crippen LogP contribution in [-0.4, -0.2) is 51.0 Å². The molecule has 0 bridgehead atoms. The molecule has 0 unspecified atom stereocenters. The Morgan fingerprint density at radius 1 is 1.27 bits per heavy atom. The van der Waals surface area contributed by atoms with Gasteiger partial charge in [0.25, 0.3) is 0 Å². The van der Waals surface area contributed by atoms with Crippen LogP contribution in [0.5, 0.6) is 0 Å². The van der Waals surface area contributed by atoms with Crippen molar-refractivity contribution in [2.75, 3.05) is 25.0 Å². The van der Waals surface area contributed by atoms with E-state index in [0.29, 0.717) is 17.1 Å². The van der Waals surface area contributed by atoms with Crippen LogP contribution < -0.4 is 4.90 Å². The molecule has 0 saturated carbocycles. The van der Waals surface area contributed by atoms with E-state index in [2.05, 4.69) is 49.8 Å². The molecule has 1 fully saturated rings. The first-order valence-corrected chi connectivity index (χ1v) is 9.39. The third-order valence-corrected chi connectivity index (χ3v) is 5.85. The van der Waals surface area contributed by atoms with E-state index in [0.717, 1.165) is 42.8 Å². The summed E-state index contributed by atoms with van der Waals surface area (Å²) < 4.78 is 0. The van der Waals surface area contributed by atoms with Crippen LogP contribution in [0.25, 0.3) is 11.0 Å². The molecule has 7 heteroatoms. The predicted octanol–water partition coefficient (Wildman–Crippen LogP) is 2.99. The van der Waals surface area contributed by atoms with Crippen LogP contribution in [0.15, 0.2) is 24.7 Å². The number of rotatable bonds is 2. The van der Waals surface area contributed by atoms with Gasteiger partial charge in [0.15, 0.2) is 0 Å². The second kappa shape index (κ2) is 5.93. The number of likely N-dealkylation sites (N-methyl/N-ethyl adjacent to an activating group) is 1. The fourth-order valence-electron chi connectivity index (χ4n) is 4.30. The Morgan fingerprint density at radius 2 is 2.12 bits per heavy atom. The van der Waals surface area contributed by atoms with Crippen LogP contribution in [-0.2, 0) is 13.0 Å². The van der Waals surface area contributed by atoms with Crippen molar-refractivity contribution < 1.29 is 0 Å². The van der Waals surface area contributed by atoms with Crippen molar-refractivity contribution in [3.05, 3.63) is 46.8 Å². The minimum atomic E-state index is 0.339. The molecule has 26 heavy (non-hydrogen) atoms. The summed E-state index contributed by atoms with van der Waals surface area (Å²) in [7, 11) is 2.15. The number of aromatic amines is 1. The Hall–Kier alpha value is -2.18. The van der Waals surface area contributed by atoms with Crippen molar-refractivity contribution in [1.29, 1.82) is 0 Å². The van der Waals surface area contributed by atoms with Gasteiger partial charge in [-0.3, -0.25) is 0 Å². The van der Waals surface area contributed by atoms with Crippen LogP contribution in [0.3, 0.4) is 0 Å². The smallest absolute Gasteiger partial charge is 0.141 e. The molecule has 0 aromatic carbocycles. The average Bonchev–Trinajstić information content (AvgIpc) is 3.05. The van der Waals surface area contributed by atoms with Crippen molar-refractivity contribution in [2.45, 2.75) is 31.8 Å². The molecule has 0 amide bonds. The zero-order chi connectivity index (χ0) is 17.8. The zero-order valence-electron chi connectivity index (χ0n) is 14.9. The van der Waals surface area contributed by atoms with Gasteiger partial charge in [0.2, 0.25) is 0 Å². The van der Waals surface area contributed by atoms with Gasteiger partial charge < -0.3 is 14.8 Å². The monoisotopic (exact) mass is 368 g/mol. The normalized spacial score (nSPS) is 21.0.